The zero-order chi connectivity index (χ0) is 14.8. The number of nitrogens with one attached hydrogen (secondary N) is 2. The van der Waals surface area contributed by atoms with E-state index in [0.717, 1.165) is 12.3 Å². The molecule has 0 amide bonds. The van der Waals surface area contributed by atoms with E-state index in [9.17, 15) is 12.8 Å². The predicted octanol–water partition coefficient (Wildman–Crippen LogP) is 2.07. The number of nitrogens with two attached hydrogens (primary N) is 1. The van der Waals surface area contributed by atoms with Crippen LogP contribution >= 0.6 is 15.9 Å². The molecule has 0 fully saturated rings. The van der Waals surface area contributed by atoms with Crippen LogP contribution in [0.5, 0.6) is 0 Å². The second-order valence-corrected chi connectivity index (χ2v) is 6.22. The van der Waals surface area contributed by atoms with E-state index in [2.05, 4.69) is 31.1 Å². The largest absolute Gasteiger partial charge is 0.323 e. The minimum Gasteiger partial charge on any atom is -0.323 e. The number of rotatable bonds is 4. The summed E-state index contributed by atoms with van der Waals surface area (Å²) in [5, 5.41) is 0. The van der Waals surface area contributed by atoms with Gasteiger partial charge in [-0.05, 0) is 34.1 Å². The minimum absolute atomic E-state index is 0.153. The van der Waals surface area contributed by atoms with Crippen LogP contribution in [0, 0.1) is 5.82 Å². The molecule has 6 nitrogen and oxygen atoms in total. The van der Waals surface area contributed by atoms with Gasteiger partial charge >= 0.3 is 0 Å². The quantitative estimate of drug-likeness (QED) is 0.572. The topological polar surface area (TPSA) is 97.1 Å². The molecule has 1 aromatic heterocycles. The zero-order valence-corrected chi connectivity index (χ0v) is 12.4. The fraction of sp³-hybridized carbons (Fsp3) is 0. The maximum atomic E-state index is 13.7. The number of anilines is 2. The molecular weight excluding hydrogens is 351 g/mol. The zero-order valence-electron chi connectivity index (χ0n) is 9.97. The van der Waals surface area contributed by atoms with Crippen LogP contribution in [0.1, 0.15) is 0 Å². The normalized spacial score (nSPS) is 11.2. The number of nitrogens with zero attached hydrogens (tertiary/aromatic N) is 1. The van der Waals surface area contributed by atoms with E-state index < -0.39 is 15.8 Å². The second-order valence-electron chi connectivity index (χ2n) is 3.72. The highest BCUT2D eigenvalue weighted by molar-refractivity contribution is 9.10. The summed E-state index contributed by atoms with van der Waals surface area (Å²) in [5.74, 6) is 4.55. The lowest BCUT2D eigenvalue weighted by Gasteiger charge is -2.12. The Labute approximate surface area is 123 Å². The summed E-state index contributed by atoms with van der Waals surface area (Å²) in [4.78, 5) is 3.54. The van der Waals surface area contributed by atoms with Gasteiger partial charge in [-0.15, -0.1) is 0 Å². The first-order valence-corrected chi connectivity index (χ1v) is 7.61. The number of hydrogen-bond acceptors (Lipinski definition) is 5. The molecule has 0 radical (unpaired) electrons. The number of para-hydroxylation sites is 1. The number of hydrazine groups is 1. The molecule has 0 spiro atoms. The number of nitrogen functional groups attached to an aromatic ring is 1. The van der Waals surface area contributed by atoms with Gasteiger partial charge in [0.1, 0.15) is 10.7 Å². The average Bonchev–Trinajstić information content (AvgIpc) is 2.43. The molecule has 0 atom stereocenters. The Kier molecular flexibility index (Phi) is 4.21. The number of aromatic nitrogens is 1. The summed E-state index contributed by atoms with van der Waals surface area (Å²) in [6.45, 7) is 0. The van der Waals surface area contributed by atoms with Crippen LogP contribution in [-0.2, 0) is 10.0 Å². The molecule has 0 aliphatic heterocycles. The molecule has 0 aliphatic carbocycles. The van der Waals surface area contributed by atoms with E-state index >= 15 is 0 Å². The Hall–Kier alpha value is -1.71. The van der Waals surface area contributed by atoms with E-state index in [-0.39, 0.29) is 20.7 Å². The lowest BCUT2D eigenvalue weighted by Crippen LogP contribution is -2.18. The monoisotopic (exact) mass is 360 g/mol. The first kappa shape index (κ1) is 14.7. The van der Waals surface area contributed by atoms with E-state index in [0.29, 0.717) is 0 Å². The van der Waals surface area contributed by atoms with Crippen LogP contribution in [-0.4, -0.2) is 13.4 Å². The van der Waals surface area contributed by atoms with Crippen LogP contribution in [0.4, 0.5) is 15.8 Å². The molecule has 0 saturated heterocycles. The van der Waals surface area contributed by atoms with Gasteiger partial charge < -0.3 is 5.43 Å². The third-order valence-corrected chi connectivity index (χ3v) is 4.47. The molecule has 2 rings (SSSR count). The van der Waals surface area contributed by atoms with Crippen molar-refractivity contribution in [2.24, 2.45) is 5.84 Å². The molecule has 4 N–H and O–H groups in total. The van der Waals surface area contributed by atoms with Crippen LogP contribution in [0.3, 0.4) is 0 Å². The van der Waals surface area contributed by atoms with E-state index in [1.807, 2.05) is 0 Å². The molecule has 0 bridgehead atoms. The van der Waals surface area contributed by atoms with Crippen molar-refractivity contribution in [3.05, 3.63) is 46.9 Å². The predicted molar refractivity (Wildman–Crippen MR) is 77.0 cm³/mol. The second kappa shape index (κ2) is 5.73. The number of hydrogen-bond donors (Lipinski definition) is 3. The number of benzene rings is 1. The molecule has 1 heterocycles. The van der Waals surface area contributed by atoms with Crippen LogP contribution in [0.25, 0.3) is 0 Å². The van der Waals surface area contributed by atoms with Gasteiger partial charge in [0.25, 0.3) is 10.0 Å². The summed E-state index contributed by atoms with van der Waals surface area (Å²) in [6.07, 6.45) is 2.50. The van der Waals surface area contributed by atoms with Gasteiger partial charge in [0.15, 0.2) is 0 Å². The van der Waals surface area contributed by atoms with Gasteiger partial charge in [-0.25, -0.2) is 12.8 Å². The fourth-order valence-electron chi connectivity index (χ4n) is 1.50. The van der Waals surface area contributed by atoms with Crippen molar-refractivity contribution in [3.63, 3.8) is 0 Å². The molecule has 0 saturated carbocycles. The molecule has 1 aromatic carbocycles. The summed E-state index contributed by atoms with van der Waals surface area (Å²) >= 11 is 3.09. The third-order valence-electron chi connectivity index (χ3n) is 2.43. The SMILES string of the molecule is NNc1ccncc1S(=O)(=O)Nc1c(F)cccc1Br. The fourth-order valence-corrected chi connectivity index (χ4v) is 3.27. The van der Waals surface area contributed by atoms with Crippen molar-refractivity contribution in [1.82, 2.24) is 4.98 Å². The van der Waals surface area contributed by atoms with Crippen molar-refractivity contribution in [2.75, 3.05) is 10.1 Å². The third kappa shape index (κ3) is 2.89. The van der Waals surface area contributed by atoms with Crippen LogP contribution < -0.4 is 16.0 Å². The molecular formula is C11H10BrFN4O2S. The molecule has 20 heavy (non-hydrogen) atoms. The van der Waals surface area contributed by atoms with E-state index in [1.165, 1.54) is 24.4 Å². The lowest BCUT2D eigenvalue weighted by molar-refractivity contribution is 0.598. The minimum atomic E-state index is -4.03. The van der Waals surface area contributed by atoms with Crippen molar-refractivity contribution in [2.45, 2.75) is 4.90 Å². The van der Waals surface area contributed by atoms with Gasteiger partial charge in [0.05, 0.1) is 11.4 Å². The summed E-state index contributed by atoms with van der Waals surface area (Å²) in [6, 6.07) is 5.51. The Morgan fingerprint density at radius 1 is 1.30 bits per heavy atom. The van der Waals surface area contributed by atoms with Gasteiger partial charge in [-0.3, -0.25) is 15.5 Å². The van der Waals surface area contributed by atoms with Crippen LogP contribution in [0.2, 0.25) is 0 Å². The maximum absolute atomic E-state index is 13.7. The highest BCUT2D eigenvalue weighted by atomic mass is 79.9. The lowest BCUT2D eigenvalue weighted by atomic mass is 10.3. The molecule has 9 heteroatoms. The van der Waals surface area contributed by atoms with Gasteiger partial charge in [-0.2, -0.15) is 0 Å². The Balaban J connectivity index is 2.47. The van der Waals surface area contributed by atoms with E-state index in [1.54, 1.807) is 0 Å². The molecule has 106 valence electrons. The average molecular weight is 361 g/mol. The highest BCUT2D eigenvalue weighted by Gasteiger charge is 2.21. The molecule has 0 aliphatic rings. The molecule has 2 aromatic rings. The van der Waals surface area contributed by atoms with E-state index in [4.69, 9.17) is 5.84 Å². The van der Waals surface area contributed by atoms with Crippen molar-refractivity contribution in [3.8, 4) is 0 Å². The Morgan fingerprint density at radius 3 is 2.70 bits per heavy atom. The summed E-state index contributed by atoms with van der Waals surface area (Å²) in [5.41, 5.74) is 2.22. The molecule has 0 unspecified atom stereocenters. The Morgan fingerprint density at radius 2 is 2.05 bits per heavy atom. The first-order valence-electron chi connectivity index (χ1n) is 5.33. The maximum Gasteiger partial charge on any atom is 0.265 e. The first-order chi connectivity index (χ1) is 9.45. The van der Waals surface area contributed by atoms with Crippen LogP contribution in [0.15, 0.2) is 46.0 Å². The summed E-state index contributed by atoms with van der Waals surface area (Å²) in [7, 11) is -4.03. The highest BCUT2D eigenvalue weighted by Crippen LogP contribution is 2.29. The number of halogens is 2. The van der Waals surface area contributed by atoms with Gasteiger partial charge in [0, 0.05) is 16.9 Å². The standard InChI is InChI=1S/C11H10BrFN4O2S/c12-7-2-1-3-8(13)11(7)17-20(18,19)10-6-15-5-4-9(10)16-14/h1-6,17H,14H2,(H,15,16). The number of pyridine rings is 1. The summed E-state index contributed by atoms with van der Waals surface area (Å²) < 4.78 is 40.6. The van der Waals surface area contributed by atoms with Gasteiger partial charge in [0.2, 0.25) is 0 Å². The van der Waals surface area contributed by atoms with Gasteiger partial charge in [-0.1, -0.05) is 6.07 Å². The number of sulfonamides is 1. The Bertz CT molecular complexity index is 719. The van der Waals surface area contributed by atoms with Crippen molar-refractivity contribution >= 4 is 37.3 Å². The van der Waals surface area contributed by atoms with Crippen molar-refractivity contribution in [1.29, 1.82) is 0 Å². The smallest absolute Gasteiger partial charge is 0.265 e. The van der Waals surface area contributed by atoms with Crippen molar-refractivity contribution < 1.29 is 12.8 Å².